The Morgan fingerprint density at radius 1 is 1.09 bits per heavy atom. The summed E-state index contributed by atoms with van der Waals surface area (Å²) in [6.07, 6.45) is 3.45. The molecule has 1 amide bonds. The Kier molecular flexibility index (Phi) is 8.02. The Morgan fingerprint density at radius 2 is 1.85 bits per heavy atom. The number of carbonyl (C=O) groups is 1. The number of nitrogens with zero attached hydrogens (tertiary/aromatic N) is 5. The number of rotatable bonds is 7. The van der Waals surface area contributed by atoms with Crippen LogP contribution in [0.2, 0.25) is 0 Å². The molecule has 0 atom stereocenters. The number of fused-ring (bicyclic) bond motifs is 1. The Morgan fingerprint density at radius 3 is 2.59 bits per heavy atom. The molecule has 0 aliphatic carbocycles. The molecule has 0 saturated carbocycles. The van der Waals surface area contributed by atoms with Gasteiger partial charge in [0.15, 0.2) is 0 Å². The number of aromatic nitrogens is 2. The van der Waals surface area contributed by atoms with Crippen molar-refractivity contribution in [2.24, 2.45) is 5.73 Å². The molecule has 3 heterocycles. The highest BCUT2D eigenvalue weighted by atomic mass is 16.5. The summed E-state index contributed by atoms with van der Waals surface area (Å²) in [5, 5.41) is 7.52. The number of methoxy groups -OCH3 is 1. The molecule has 4 N–H and O–H groups in total. The van der Waals surface area contributed by atoms with Crippen molar-refractivity contribution in [3.8, 4) is 5.75 Å². The van der Waals surface area contributed by atoms with Crippen molar-refractivity contribution >= 4 is 34.3 Å². The van der Waals surface area contributed by atoms with E-state index in [1.165, 1.54) is 0 Å². The molecule has 0 bridgehead atoms. The van der Waals surface area contributed by atoms with E-state index in [4.69, 9.17) is 20.4 Å². The van der Waals surface area contributed by atoms with Crippen LogP contribution in [0.15, 0.2) is 12.1 Å². The SMILES string of the molecule is COc1cc2c(NC3CCN(C)CC3)nc(N3CCCN(C)CC3)nc2cc1NC(=O)CCN. The first-order valence-corrected chi connectivity index (χ1v) is 12.2. The van der Waals surface area contributed by atoms with Gasteiger partial charge in [-0.3, -0.25) is 4.79 Å². The molecule has 186 valence electrons. The van der Waals surface area contributed by atoms with Gasteiger partial charge in [-0.25, -0.2) is 4.98 Å². The standard InChI is InChI=1S/C24H38N8O2/c1-30-9-4-10-32(14-13-30)24-28-19-16-20(27-22(33)5-8-25)21(34-3)15-18(19)23(29-24)26-17-6-11-31(2)12-7-17/h15-17H,4-14,25H2,1-3H3,(H,27,33)(H,26,28,29). The second-order valence-electron chi connectivity index (χ2n) is 9.39. The number of benzene rings is 1. The van der Waals surface area contributed by atoms with Gasteiger partial charge in [0.2, 0.25) is 11.9 Å². The van der Waals surface area contributed by atoms with Gasteiger partial charge in [-0.1, -0.05) is 0 Å². The summed E-state index contributed by atoms with van der Waals surface area (Å²) in [7, 11) is 5.92. The maximum atomic E-state index is 12.2. The zero-order valence-corrected chi connectivity index (χ0v) is 20.6. The summed E-state index contributed by atoms with van der Waals surface area (Å²) >= 11 is 0. The van der Waals surface area contributed by atoms with Gasteiger partial charge >= 0.3 is 0 Å². The van der Waals surface area contributed by atoms with Crippen molar-refractivity contribution in [3.05, 3.63) is 12.1 Å². The average Bonchev–Trinajstić information content (AvgIpc) is 3.04. The Hall–Kier alpha value is -2.69. The van der Waals surface area contributed by atoms with E-state index in [0.29, 0.717) is 24.0 Å². The molecule has 2 aromatic rings. The molecule has 10 heteroatoms. The van der Waals surface area contributed by atoms with Crippen LogP contribution in [0, 0.1) is 0 Å². The summed E-state index contributed by atoms with van der Waals surface area (Å²) in [6.45, 7) is 6.26. The highest BCUT2D eigenvalue weighted by Crippen LogP contribution is 2.34. The van der Waals surface area contributed by atoms with Crippen molar-refractivity contribution in [1.82, 2.24) is 19.8 Å². The van der Waals surface area contributed by atoms with Gasteiger partial charge in [0, 0.05) is 44.0 Å². The van der Waals surface area contributed by atoms with E-state index in [-0.39, 0.29) is 12.3 Å². The number of likely N-dealkylation sites (N-methyl/N-ethyl adjacent to an activating group) is 1. The molecule has 0 spiro atoms. The van der Waals surface area contributed by atoms with Crippen LogP contribution in [-0.2, 0) is 4.79 Å². The fraction of sp³-hybridized carbons (Fsp3) is 0.625. The Balaban J connectivity index is 1.73. The van der Waals surface area contributed by atoms with Crippen LogP contribution in [0.3, 0.4) is 0 Å². The number of amides is 1. The molecule has 1 aromatic carbocycles. The van der Waals surface area contributed by atoms with Crippen LogP contribution in [0.25, 0.3) is 10.9 Å². The third-order valence-electron chi connectivity index (χ3n) is 6.71. The third-order valence-corrected chi connectivity index (χ3v) is 6.71. The first kappa shape index (κ1) is 24.4. The number of hydrogen-bond donors (Lipinski definition) is 3. The zero-order chi connectivity index (χ0) is 24.1. The van der Waals surface area contributed by atoms with Gasteiger partial charge in [0.05, 0.1) is 18.3 Å². The van der Waals surface area contributed by atoms with Crippen LogP contribution in [0.4, 0.5) is 17.5 Å². The predicted molar refractivity (Wildman–Crippen MR) is 137 cm³/mol. The predicted octanol–water partition coefficient (Wildman–Crippen LogP) is 1.57. The number of anilines is 3. The third kappa shape index (κ3) is 5.86. The second-order valence-corrected chi connectivity index (χ2v) is 9.39. The summed E-state index contributed by atoms with van der Waals surface area (Å²) < 4.78 is 5.61. The maximum absolute atomic E-state index is 12.2. The smallest absolute Gasteiger partial charge is 0.227 e. The summed E-state index contributed by atoms with van der Waals surface area (Å²) in [5.41, 5.74) is 6.93. The maximum Gasteiger partial charge on any atom is 0.227 e. The van der Waals surface area contributed by atoms with Crippen LogP contribution in [-0.4, -0.2) is 98.7 Å². The second kappa shape index (κ2) is 11.2. The number of nitrogens with one attached hydrogen (secondary N) is 2. The van der Waals surface area contributed by atoms with Crippen LogP contribution in [0.5, 0.6) is 5.75 Å². The quantitative estimate of drug-likeness (QED) is 0.555. The molecule has 10 nitrogen and oxygen atoms in total. The Labute approximate surface area is 201 Å². The van der Waals surface area contributed by atoms with Gasteiger partial charge < -0.3 is 35.8 Å². The van der Waals surface area contributed by atoms with Crippen molar-refractivity contribution in [2.75, 3.05) is 82.6 Å². The van der Waals surface area contributed by atoms with Crippen LogP contribution < -0.4 is 26.0 Å². The average molecular weight is 471 g/mol. The monoisotopic (exact) mass is 470 g/mol. The van der Waals surface area contributed by atoms with Crippen molar-refractivity contribution < 1.29 is 9.53 Å². The fourth-order valence-corrected chi connectivity index (χ4v) is 4.60. The first-order chi connectivity index (χ1) is 16.5. The minimum atomic E-state index is -0.144. The molecular formula is C24H38N8O2. The van der Waals surface area contributed by atoms with Crippen LogP contribution >= 0.6 is 0 Å². The number of piperidine rings is 1. The number of nitrogens with two attached hydrogens (primary N) is 1. The molecule has 0 unspecified atom stereocenters. The number of ether oxygens (including phenoxy) is 1. The van der Waals surface area contributed by atoms with E-state index in [1.54, 1.807) is 7.11 Å². The normalized spacial score (nSPS) is 18.6. The molecule has 1 aromatic heterocycles. The number of likely N-dealkylation sites (tertiary alicyclic amines) is 1. The molecular weight excluding hydrogens is 432 g/mol. The van der Waals surface area contributed by atoms with Gasteiger partial charge in [-0.05, 0) is 65.1 Å². The van der Waals surface area contributed by atoms with E-state index in [9.17, 15) is 4.79 Å². The van der Waals surface area contributed by atoms with E-state index in [1.807, 2.05) is 12.1 Å². The lowest BCUT2D eigenvalue weighted by Gasteiger charge is -2.30. The summed E-state index contributed by atoms with van der Waals surface area (Å²) in [6, 6.07) is 4.16. The lowest BCUT2D eigenvalue weighted by molar-refractivity contribution is -0.116. The number of carbonyl (C=O) groups excluding carboxylic acids is 1. The Bertz CT molecular complexity index is 993. The minimum Gasteiger partial charge on any atom is -0.495 e. The molecule has 34 heavy (non-hydrogen) atoms. The first-order valence-electron chi connectivity index (χ1n) is 12.2. The highest BCUT2D eigenvalue weighted by molar-refractivity contribution is 5.99. The lowest BCUT2D eigenvalue weighted by Crippen LogP contribution is -2.37. The van der Waals surface area contributed by atoms with E-state index in [0.717, 1.165) is 81.2 Å². The number of hydrogen-bond acceptors (Lipinski definition) is 9. The van der Waals surface area contributed by atoms with Crippen molar-refractivity contribution in [2.45, 2.75) is 31.7 Å². The van der Waals surface area contributed by atoms with Crippen LogP contribution in [0.1, 0.15) is 25.7 Å². The van der Waals surface area contributed by atoms with Gasteiger partial charge in [-0.2, -0.15) is 4.98 Å². The van der Waals surface area contributed by atoms with Crippen molar-refractivity contribution in [3.63, 3.8) is 0 Å². The largest absolute Gasteiger partial charge is 0.495 e. The highest BCUT2D eigenvalue weighted by Gasteiger charge is 2.22. The summed E-state index contributed by atoms with van der Waals surface area (Å²) in [4.78, 5) is 29.2. The molecule has 4 rings (SSSR count). The summed E-state index contributed by atoms with van der Waals surface area (Å²) in [5.74, 6) is 1.99. The van der Waals surface area contributed by atoms with Gasteiger partial charge in [-0.15, -0.1) is 0 Å². The van der Waals surface area contributed by atoms with Gasteiger partial charge in [0.1, 0.15) is 11.6 Å². The van der Waals surface area contributed by atoms with E-state index < -0.39 is 0 Å². The van der Waals surface area contributed by atoms with Crippen molar-refractivity contribution in [1.29, 1.82) is 0 Å². The molecule has 0 radical (unpaired) electrons. The molecule has 2 saturated heterocycles. The zero-order valence-electron chi connectivity index (χ0n) is 20.6. The lowest BCUT2D eigenvalue weighted by atomic mass is 10.1. The fourth-order valence-electron chi connectivity index (χ4n) is 4.60. The van der Waals surface area contributed by atoms with E-state index in [2.05, 4.69) is 39.4 Å². The van der Waals surface area contributed by atoms with E-state index >= 15 is 0 Å². The molecule has 2 aliphatic heterocycles. The molecule has 2 aliphatic rings. The molecule has 2 fully saturated rings. The topological polar surface area (TPSA) is 112 Å². The van der Waals surface area contributed by atoms with Gasteiger partial charge in [0.25, 0.3) is 0 Å². The minimum absolute atomic E-state index is 0.144.